The molecular weight excluding hydrogens is 248 g/mol. The molecule has 1 aliphatic heterocycles. The normalized spacial score (nSPS) is 13.7. The van der Waals surface area contributed by atoms with Crippen molar-refractivity contribution in [1.82, 2.24) is 19.7 Å². The highest BCUT2D eigenvalue weighted by atomic mass is 15.3. The van der Waals surface area contributed by atoms with Gasteiger partial charge >= 0.3 is 0 Å². The van der Waals surface area contributed by atoms with Crippen molar-refractivity contribution >= 4 is 0 Å². The van der Waals surface area contributed by atoms with E-state index in [1.165, 1.54) is 16.8 Å². The van der Waals surface area contributed by atoms with Gasteiger partial charge in [0.2, 0.25) is 0 Å². The number of aryl methyl sites for hydroxylation is 1. The van der Waals surface area contributed by atoms with Gasteiger partial charge in [-0.25, -0.2) is 4.68 Å². The maximum Gasteiger partial charge on any atom is 0.0991 e. The quantitative estimate of drug-likeness (QED) is 0.733. The number of nitrogens with one attached hydrogen (secondary N) is 1. The molecule has 0 saturated carbocycles. The molecule has 0 atom stereocenters. The molecular formula is C16H16N4. The minimum Gasteiger partial charge on any atom is -0.353 e. The first kappa shape index (κ1) is 11.5. The Morgan fingerprint density at radius 1 is 1.10 bits per heavy atom. The van der Waals surface area contributed by atoms with Crippen molar-refractivity contribution in [2.45, 2.75) is 13.1 Å². The predicted molar refractivity (Wildman–Crippen MR) is 78.5 cm³/mol. The maximum atomic E-state index is 4.80. The van der Waals surface area contributed by atoms with E-state index in [4.69, 9.17) is 5.10 Å². The lowest BCUT2D eigenvalue weighted by atomic mass is 10.1. The van der Waals surface area contributed by atoms with E-state index in [2.05, 4.69) is 47.5 Å². The van der Waals surface area contributed by atoms with E-state index in [1.54, 1.807) is 0 Å². The molecule has 0 unspecified atom stereocenters. The Morgan fingerprint density at radius 3 is 2.80 bits per heavy atom. The molecule has 0 fully saturated rings. The van der Waals surface area contributed by atoms with Gasteiger partial charge in [-0.1, -0.05) is 18.2 Å². The lowest BCUT2D eigenvalue weighted by molar-refractivity contribution is 0.663. The second kappa shape index (κ2) is 4.35. The molecule has 4 rings (SSSR count). The Balaban J connectivity index is 1.88. The van der Waals surface area contributed by atoms with Gasteiger partial charge in [-0.2, -0.15) is 5.10 Å². The minimum atomic E-state index is 0.858. The molecule has 0 aliphatic carbocycles. The number of nitrogens with zero attached hydrogens (tertiary/aromatic N) is 3. The molecule has 1 aliphatic rings. The maximum absolute atomic E-state index is 4.80. The standard InChI is InChI=1S/C16H16N4/c1-19-8-7-14-15(19)10-17-9-12-11-20(18-16(12)14)13-5-3-2-4-6-13/h2-8,11,17H,9-10H2,1H3. The van der Waals surface area contributed by atoms with Crippen LogP contribution in [0.2, 0.25) is 0 Å². The Bertz CT molecular complexity index is 752. The third-order valence-corrected chi connectivity index (χ3v) is 3.88. The molecule has 0 amide bonds. The zero-order valence-corrected chi connectivity index (χ0v) is 11.4. The molecule has 0 radical (unpaired) electrons. The zero-order valence-electron chi connectivity index (χ0n) is 11.4. The van der Waals surface area contributed by atoms with Crippen LogP contribution >= 0.6 is 0 Å². The van der Waals surface area contributed by atoms with Crippen molar-refractivity contribution in [2.75, 3.05) is 0 Å². The second-order valence-electron chi connectivity index (χ2n) is 5.17. The number of benzene rings is 1. The summed E-state index contributed by atoms with van der Waals surface area (Å²) in [6.45, 7) is 1.75. The molecule has 20 heavy (non-hydrogen) atoms. The highest BCUT2D eigenvalue weighted by Crippen LogP contribution is 2.29. The van der Waals surface area contributed by atoms with Crippen LogP contribution < -0.4 is 5.32 Å². The van der Waals surface area contributed by atoms with Crippen molar-refractivity contribution in [1.29, 1.82) is 0 Å². The molecule has 100 valence electrons. The number of para-hydroxylation sites is 1. The fourth-order valence-electron chi connectivity index (χ4n) is 2.79. The van der Waals surface area contributed by atoms with Crippen LogP contribution in [-0.4, -0.2) is 14.3 Å². The van der Waals surface area contributed by atoms with Crippen molar-refractivity contribution in [3.63, 3.8) is 0 Å². The fourth-order valence-corrected chi connectivity index (χ4v) is 2.79. The smallest absolute Gasteiger partial charge is 0.0991 e. The molecule has 2 aromatic heterocycles. The SMILES string of the molecule is Cn1ccc2c1CNCc1cn(-c3ccccc3)nc1-2. The summed E-state index contributed by atoms with van der Waals surface area (Å²) in [5, 5.41) is 8.28. The molecule has 0 saturated heterocycles. The van der Waals surface area contributed by atoms with E-state index in [9.17, 15) is 0 Å². The van der Waals surface area contributed by atoms with Gasteiger partial charge in [0, 0.05) is 49.4 Å². The Morgan fingerprint density at radius 2 is 1.95 bits per heavy atom. The average Bonchev–Trinajstić information content (AvgIpc) is 3.01. The van der Waals surface area contributed by atoms with Gasteiger partial charge in [-0.15, -0.1) is 0 Å². The van der Waals surface area contributed by atoms with Crippen LogP contribution in [0.15, 0.2) is 48.8 Å². The van der Waals surface area contributed by atoms with E-state index < -0.39 is 0 Å². The number of hydrogen-bond acceptors (Lipinski definition) is 2. The van der Waals surface area contributed by atoms with Crippen molar-refractivity contribution in [3.8, 4) is 16.9 Å². The summed E-state index contributed by atoms with van der Waals surface area (Å²) in [6, 6.07) is 12.4. The Kier molecular flexibility index (Phi) is 2.50. The van der Waals surface area contributed by atoms with Crippen LogP contribution in [0, 0.1) is 0 Å². The lowest BCUT2D eigenvalue weighted by Crippen LogP contribution is -2.13. The van der Waals surface area contributed by atoms with Gasteiger partial charge in [0.05, 0.1) is 11.4 Å². The molecule has 0 spiro atoms. The summed E-state index contributed by atoms with van der Waals surface area (Å²) in [5.41, 5.74) is 5.97. The fraction of sp³-hybridized carbons (Fsp3) is 0.188. The van der Waals surface area contributed by atoms with Gasteiger partial charge in [-0.05, 0) is 18.2 Å². The third-order valence-electron chi connectivity index (χ3n) is 3.88. The lowest BCUT2D eigenvalue weighted by Gasteiger charge is -2.04. The molecule has 1 N–H and O–H groups in total. The van der Waals surface area contributed by atoms with Crippen LogP contribution in [0.4, 0.5) is 0 Å². The van der Waals surface area contributed by atoms with E-state index >= 15 is 0 Å². The number of hydrogen-bond donors (Lipinski definition) is 1. The molecule has 0 bridgehead atoms. The van der Waals surface area contributed by atoms with Crippen molar-refractivity contribution < 1.29 is 0 Å². The zero-order chi connectivity index (χ0) is 13.5. The van der Waals surface area contributed by atoms with Gasteiger partial charge < -0.3 is 9.88 Å². The highest BCUT2D eigenvalue weighted by Gasteiger charge is 2.20. The molecule has 3 heterocycles. The molecule has 1 aromatic carbocycles. The third kappa shape index (κ3) is 1.69. The first-order chi connectivity index (χ1) is 9.83. The van der Waals surface area contributed by atoms with E-state index in [0.717, 1.165) is 24.5 Å². The summed E-state index contributed by atoms with van der Waals surface area (Å²) in [5.74, 6) is 0. The summed E-state index contributed by atoms with van der Waals surface area (Å²) >= 11 is 0. The molecule has 4 nitrogen and oxygen atoms in total. The summed E-state index contributed by atoms with van der Waals surface area (Å²) < 4.78 is 4.13. The molecule has 4 heteroatoms. The van der Waals surface area contributed by atoms with Gasteiger partial charge in [-0.3, -0.25) is 0 Å². The van der Waals surface area contributed by atoms with Crippen LogP contribution in [0.3, 0.4) is 0 Å². The first-order valence-corrected chi connectivity index (χ1v) is 6.82. The van der Waals surface area contributed by atoms with Gasteiger partial charge in [0.15, 0.2) is 0 Å². The number of rotatable bonds is 1. The monoisotopic (exact) mass is 264 g/mol. The minimum absolute atomic E-state index is 0.858. The second-order valence-corrected chi connectivity index (χ2v) is 5.17. The predicted octanol–water partition coefficient (Wildman–Crippen LogP) is 2.48. The summed E-state index contributed by atoms with van der Waals surface area (Å²) in [6.07, 6.45) is 4.22. The Labute approximate surface area is 117 Å². The van der Waals surface area contributed by atoms with E-state index in [-0.39, 0.29) is 0 Å². The number of fused-ring (bicyclic) bond motifs is 3. The Hall–Kier alpha value is -2.33. The summed E-state index contributed by atoms with van der Waals surface area (Å²) in [7, 11) is 2.08. The van der Waals surface area contributed by atoms with E-state index in [1.807, 2.05) is 22.9 Å². The van der Waals surface area contributed by atoms with Crippen LogP contribution in [0.5, 0.6) is 0 Å². The van der Waals surface area contributed by atoms with Crippen LogP contribution in [-0.2, 0) is 20.1 Å². The van der Waals surface area contributed by atoms with Gasteiger partial charge in [0.1, 0.15) is 0 Å². The van der Waals surface area contributed by atoms with Crippen molar-refractivity contribution in [2.24, 2.45) is 7.05 Å². The van der Waals surface area contributed by atoms with E-state index in [0.29, 0.717) is 0 Å². The summed E-state index contributed by atoms with van der Waals surface area (Å²) in [4.78, 5) is 0. The molecule has 3 aromatic rings. The van der Waals surface area contributed by atoms with Crippen molar-refractivity contribution in [3.05, 3.63) is 60.0 Å². The van der Waals surface area contributed by atoms with Crippen LogP contribution in [0.25, 0.3) is 16.9 Å². The number of aromatic nitrogens is 3. The van der Waals surface area contributed by atoms with Gasteiger partial charge in [0.25, 0.3) is 0 Å². The first-order valence-electron chi connectivity index (χ1n) is 6.82. The average molecular weight is 264 g/mol. The largest absolute Gasteiger partial charge is 0.353 e. The topological polar surface area (TPSA) is 34.8 Å². The highest BCUT2D eigenvalue weighted by molar-refractivity contribution is 5.67. The van der Waals surface area contributed by atoms with Crippen LogP contribution in [0.1, 0.15) is 11.3 Å².